The van der Waals surface area contributed by atoms with Crippen LogP contribution in [0.5, 0.6) is 0 Å². The first-order valence-corrected chi connectivity index (χ1v) is 10.9. The van der Waals surface area contributed by atoms with Gasteiger partial charge in [-0.2, -0.15) is 0 Å². The number of imidazole rings is 1. The van der Waals surface area contributed by atoms with Crippen LogP contribution in [0, 0.1) is 5.82 Å². The number of likely N-dealkylation sites (tertiary alicyclic amines) is 1. The van der Waals surface area contributed by atoms with Gasteiger partial charge in [0.1, 0.15) is 11.6 Å². The van der Waals surface area contributed by atoms with Gasteiger partial charge in [-0.25, -0.2) is 9.37 Å². The summed E-state index contributed by atoms with van der Waals surface area (Å²) in [7, 11) is 2.15. The molecule has 0 bridgehead atoms. The summed E-state index contributed by atoms with van der Waals surface area (Å²) in [5.74, 6) is 0.986. The van der Waals surface area contributed by atoms with Gasteiger partial charge in [0.05, 0.1) is 23.9 Å². The number of amides is 1. The van der Waals surface area contributed by atoms with Gasteiger partial charge < -0.3 is 9.47 Å². The second kappa shape index (κ2) is 7.93. The first-order chi connectivity index (χ1) is 15.1. The van der Waals surface area contributed by atoms with Crippen LogP contribution in [0.3, 0.4) is 0 Å². The molecule has 31 heavy (non-hydrogen) atoms. The van der Waals surface area contributed by atoms with Crippen molar-refractivity contribution in [3.8, 4) is 11.3 Å². The highest BCUT2D eigenvalue weighted by Gasteiger charge is 2.46. The number of benzene rings is 2. The first kappa shape index (κ1) is 19.9. The standard InChI is InChI=1S/C25H27FN4O/c1-28-14-15-30-22(20-8-5-9-21(26)17-20)18-27-24(30)25(28)10-12-29(13-11-25)23(31)16-19-6-3-2-4-7-19/h2-9,17-18H,10-16H2,1H3. The van der Waals surface area contributed by atoms with Crippen molar-refractivity contribution < 1.29 is 9.18 Å². The third-order valence-corrected chi connectivity index (χ3v) is 6.92. The van der Waals surface area contributed by atoms with Crippen LogP contribution in [0.4, 0.5) is 4.39 Å². The van der Waals surface area contributed by atoms with Gasteiger partial charge in [0.2, 0.25) is 5.91 Å². The Morgan fingerprint density at radius 2 is 1.81 bits per heavy atom. The van der Waals surface area contributed by atoms with Crippen LogP contribution in [-0.2, 0) is 23.3 Å². The van der Waals surface area contributed by atoms with Crippen LogP contribution in [0.1, 0.15) is 24.2 Å². The molecule has 1 aromatic heterocycles. The Kier molecular flexibility index (Phi) is 5.10. The van der Waals surface area contributed by atoms with Crippen molar-refractivity contribution in [2.24, 2.45) is 0 Å². The lowest BCUT2D eigenvalue weighted by molar-refractivity contribution is -0.133. The van der Waals surface area contributed by atoms with Crippen LogP contribution in [0.15, 0.2) is 60.8 Å². The Morgan fingerprint density at radius 1 is 1.03 bits per heavy atom. The van der Waals surface area contributed by atoms with Crippen LogP contribution >= 0.6 is 0 Å². The van der Waals surface area contributed by atoms with Crippen LogP contribution in [0.25, 0.3) is 11.3 Å². The maximum Gasteiger partial charge on any atom is 0.226 e. The summed E-state index contributed by atoms with van der Waals surface area (Å²) in [6.07, 6.45) is 4.02. The summed E-state index contributed by atoms with van der Waals surface area (Å²) in [6.45, 7) is 3.18. The fraction of sp³-hybridized carbons (Fsp3) is 0.360. The number of likely N-dealkylation sites (N-methyl/N-ethyl adjacent to an activating group) is 1. The van der Waals surface area contributed by atoms with E-state index in [1.165, 1.54) is 6.07 Å². The average Bonchev–Trinajstić information content (AvgIpc) is 3.23. The van der Waals surface area contributed by atoms with E-state index >= 15 is 0 Å². The Labute approximate surface area is 182 Å². The second-order valence-corrected chi connectivity index (χ2v) is 8.63. The normalized spacial score (nSPS) is 18.2. The smallest absolute Gasteiger partial charge is 0.226 e. The number of carbonyl (C=O) groups excluding carboxylic acids is 1. The Morgan fingerprint density at radius 3 is 2.55 bits per heavy atom. The van der Waals surface area contributed by atoms with Gasteiger partial charge in [0.15, 0.2) is 0 Å². The van der Waals surface area contributed by atoms with Gasteiger partial charge in [-0.15, -0.1) is 0 Å². The van der Waals surface area contributed by atoms with Crippen LogP contribution in [-0.4, -0.2) is 51.9 Å². The molecular formula is C25H27FN4O. The SMILES string of the molecule is CN1CCn2c(-c3cccc(F)c3)cnc2C12CCN(C(=O)Cc1ccccc1)CC2. The number of hydrogen-bond acceptors (Lipinski definition) is 3. The van der Waals surface area contributed by atoms with Gasteiger partial charge in [0, 0.05) is 31.7 Å². The quantitative estimate of drug-likeness (QED) is 0.651. The highest BCUT2D eigenvalue weighted by atomic mass is 19.1. The molecule has 5 nitrogen and oxygen atoms in total. The van der Waals surface area contributed by atoms with Crippen LogP contribution < -0.4 is 0 Å². The van der Waals surface area contributed by atoms with Crippen molar-refractivity contribution >= 4 is 5.91 Å². The Balaban J connectivity index is 1.37. The summed E-state index contributed by atoms with van der Waals surface area (Å²) < 4.78 is 16.0. The van der Waals surface area contributed by atoms with Gasteiger partial charge in [-0.3, -0.25) is 9.69 Å². The molecule has 0 aliphatic carbocycles. The molecule has 1 fully saturated rings. The first-order valence-electron chi connectivity index (χ1n) is 10.9. The van der Waals surface area contributed by atoms with E-state index in [1.807, 2.05) is 47.5 Å². The molecule has 0 saturated carbocycles. The van der Waals surface area contributed by atoms with Gasteiger partial charge in [-0.1, -0.05) is 42.5 Å². The fourth-order valence-corrected chi connectivity index (χ4v) is 5.10. The molecule has 160 valence electrons. The number of aromatic nitrogens is 2. The lowest BCUT2D eigenvalue weighted by Crippen LogP contribution is -2.57. The van der Waals surface area contributed by atoms with E-state index in [9.17, 15) is 9.18 Å². The topological polar surface area (TPSA) is 41.4 Å². The molecule has 0 unspecified atom stereocenters. The van der Waals surface area contributed by atoms with Gasteiger partial charge in [0.25, 0.3) is 0 Å². The number of halogens is 1. The molecule has 3 aromatic rings. The molecular weight excluding hydrogens is 391 g/mol. The van der Waals surface area contributed by atoms with Crippen LogP contribution in [0.2, 0.25) is 0 Å². The van der Waals surface area contributed by atoms with Gasteiger partial charge >= 0.3 is 0 Å². The van der Waals surface area contributed by atoms with E-state index < -0.39 is 0 Å². The molecule has 0 radical (unpaired) electrons. The number of piperidine rings is 1. The molecule has 1 amide bonds. The summed E-state index contributed by atoms with van der Waals surface area (Å²) in [5, 5.41) is 0. The highest BCUT2D eigenvalue weighted by molar-refractivity contribution is 5.79. The largest absolute Gasteiger partial charge is 0.342 e. The third-order valence-electron chi connectivity index (χ3n) is 6.92. The zero-order valence-electron chi connectivity index (χ0n) is 17.8. The van der Waals surface area contributed by atoms with Crippen molar-refractivity contribution in [3.05, 3.63) is 78.0 Å². The van der Waals surface area contributed by atoms with Gasteiger partial charge in [-0.05, 0) is 37.6 Å². The lowest BCUT2D eigenvalue weighted by atomic mass is 9.83. The molecule has 2 aliphatic rings. The third kappa shape index (κ3) is 3.55. The van der Waals surface area contributed by atoms with E-state index in [2.05, 4.69) is 16.5 Å². The molecule has 2 aliphatic heterocycles. The van der Waals surface area contributed by atoms with Crippen molar-refractivity contribution in [2.75, 3.05) is 26.7 Å². The van der Waals surface area contributed by atoms with E-state index in [1.54, 1.807) is 12.1 Å². The van der Waals surface area contributed by atoms with E-state index in [0.717, 1.165) is 61.7 Å². The number of nitrogens with zero attached hydrogens (tertiary/aromatic N) is 4. The maximum absolute atomic E-state index is 13.8. The number of hydrogen-bond donors (Lipinski definition) is 0. The summed E-state index contributed by atoms with van der Waals surface area (Å²) in [5.41, 5.74) is 2.68. The second-order valence-electron chi connectivity index (χ2n) is 8.63. The Hall–Kier alpha value is -2.99. The average molecular weight is 419 g/mol. The summed E-state index contributed by atoms with van der Waals surface area (Å²) >= 11 is 0. The zero-order valence-corrected chi connectivity index (χ0v) is 17.8. The minimum Gasteiger partial charge on any atom is -0.342 e. The molecule has 0 atom stereocenters. The Bertz CT molecular complexity index is 1090. The van der Waals surface area contributed by atoms with E-state index in [-0.39, 0.29) is 17.3 Å². The van der Waals surface area contributed by atoms with Crippen molar-refractivity contribution in [2.45, 2.75) is 31.3 Å². The minimum absolute atomic E-state index is 0.184. The fourth-order valence-electron chi connectivity index (χ4n) is 5.10. The number of carbonyl (C=O) groups is 1. The number of fused-ring (bicyclic) bond motifs is 2. The summed E-state index contributed by atoms with van der Waals surface area (Å²) in [6, 6.07) is 16.6. The predicted octanol–water partition coefficient (Wildman–Crippen LogP) is 3.70. The molecule has 2 aromatic carbocycles. The minimum atomic E-state index is -0.235. The molecule has 6 heteroatoms. The predicted molar refractivity (Wildman–Crippen MR) is 118 cm³/mol. The zero-order chi connectivity index (χ0) is 21.4. The number of rotatable bonds is 3. The molecule has 0 N–H and O–H groups in total. The van der Waals surface area contributed by atoms with E-state index in [0.29, 0.717) is 6.42 Å². The van der Waals surface area contributed by atoms with Crippen molar-refractivity contribution in [1.82, 2.24) is 19.4 Å². The van der Waals surface area contributed by atoms with Crippen molar-refractivity contribution in [1.29, 1.82) is 0 Å². The molecule has 5 rings (SSSR count). The van der Waals surface area contributed by atoms with E-state index in [4.69, 9.17) is 4.98 Å². The molecule has 1 spiro atoms. The van der Waals surface area contributed by atoms with Crippen molar-refractivity contribution in [3.63, 3.8) is 0 Å². The summed E-state index contributed by atoms with van der Waals surface area (Å²) in [4.78, 5) is 22.0. The monoisotopic (exact) mass is 418 g/mol. The highest BCUT2D eigenvalue weighted by Crippen LogP contribution is 2.41. The molecule has 1 saturated heterocycles. The molecule has 3 heterocycles. The lowest BCUT2D eigenvalue weighted by Gasteiger charge is -2.49. The maximum atomic E-state index is 13.8.